The standard InChI is InChI=1S/C16H18N2O3/c1-11(13-5-4-8-17-10-13)18-16(19)12-6-7-14(20-2)15(9-12)21-3/h4-11H,1-3H3,(H,18,19)/t11-/m0/s1. The molecule has 2 rings (SSSR count). The van der Waals surface area contributed by atoms with Gasteiger partial charge in [-0.05, 0) is 36.8 Å². The van der Waals surface area contributed by atoms with Crippen LogP contribution in [0, 0.1) is 0 Å². The first-order valence-electron chi connectivity index (χ1n) is 6.58. The molecule has 0 radical (unpaired) electrons. The van der Waals surface area contributed by atoms with Crippen LogP contribution in [-0.4, -0.2) is 25.1 Å². The summed E-state index contributed by atoms with van der Waals surface area (Å²) >= 11 is 0. The summed E-state index contributed by atoms with van der Waals surface area (Å²) in [5.41, 5.74) is 1.47. The first kappa shape index (κ1) is 14.8. The van der Waals surface area contributed by atoms with E-state index in [2.05, 4.69) is 10.3 Å². The summed E-state index contributed by atoms with van der Waals surface area (Å²) in [5, 5.41) is 2.93. The quantitative estimate of drug-likeness (QED) is 0.917. The molecule has 0 spiro atoms. The van der Waals surface area contributed by atoms with E-state index in [1.54, 1.807) is 37.7 Å². The maximum absolute atomic E-state index is 12.3. The summed E-state index contributed by atoms with van der Waals surface area (Å²) < 4.78 is 10.4. The number of ether oxygens (including phenoxy) is 2. The highest BCUT2D eigenvalue weighted by molar-refractivity contribution is 5.95. The normalized spacial score (nSPS) is 11.6. The van der Waals surface area contributed by atoms with E-state index >= 15 is 0 Å². The number of carbonyl (C=O) groups excluding carboxylic acids is 1. The van der Waals surface area contributed by atoms with E-state index < -0.39 is 0 Å². The van der Waals surface area contributed by atoms with Crippen LogP contribution in [0.3, 0.4) is 0 Å². The van der Waals surface area contributed by atoms with E-state index in [1.807, 2.05) is 19.1 Å². The molecule has 0 aliphatic heterocycles. The molecule has 0 bridgehead atoms. The third-order valence-electron chi connectivity index (χ3n) is 3.18. The van der Waals surface area contributed by atoms with Gasteiger partial charge in [-0.3, -0.25) is 9.78 Å². The second-order valence-electron chi connectivity index (χ2n) is 4.55. The van der Waals surface area contributed by atoms with Crippen LogP contribution in [0.1, 0.15) is 28.9 Å². The maximum Gasteiger partial charge on any atom is 0.251 e. The molecule has 0 saturated carbocycles. The van der Waals surface area contributed by atoms with E-state index in [0.717, 1.165) is 5.56 Å². The second kappa shape index (κ2) is 6.74. The molecular formula is C16H18N2O3. The average Bonchev–Trinajstić information content (AvgIpc) is 2.54. The van der Waals surface area contributed by atoms with E-state index in [4.69, 9.17) is 9.47 Å². The Morgan fingerprint density at radius 2 is 1.95 bits per heavy atom. The molecule has 2 aromatic rings. The highest BCUT2D eigenvalue weighted by Gasteiger charge is 2.14. The number of rotatable bonds is 5. The summed E-state index contributed by atoms with van der Waals surface area (Å²) in [6.07, 6.45) is 3.44. The van der Waals surface area contributed by atoms with Crippen LogP contribution in [0.4, 0.5) is 0 Å². The highest BCUT2D eigenvalue weighted by atomic mass is 16.5. The Morgan fingerprint density at radius 1 is 1.19 bits per heavy atom. The molecule has 5 heteroatoms. The van der Waals surface area contributed by atoms with Crippen molar-refractivity contribution in [3.05, 3.63) is 53.9 Å². The molecule has 1 aromatic carbocycles. The van der Waals surface area contributed by atoms with Crippen molar-refractivity contribution in [2.45, 2.75) is 13.0 Å². The molecule has 1 amide bonds. The third-order valence-corrected chi connectivity index (χ3v) is 3.18. The van der Waals surface area contributed by atoms with Crippen molar-refractivity contribution in [1.29, 1.82) is 0 Å². The number of nitrogens with zero attached hydrogens (tertiary/aromatic N) is 1. The average molecular weight is 286 g/mol. The smallest absolute Gasteiger partial charge is 0.251 e. The number of hydrogen-bond acceptors (Lipinski definition) is 4. The zero-order valence-electron chi connectivity index (χ0n) is 12.3. The molecule has 0 fully saturated rings. The van der Waals surface area contributed by atoms with E-state index in [0.29, 0.717) is 17.1 Å². The minimum absolute atomic E-state index is 0.126. The Labute approximate surface area is 123 Å². The molecule has 1 aromatic heterocycles. The summed E-state index contributed by atoms with van der Waals surface area (Å²) in [5.74, 6) is 0.945. The summed E-state index contributed by atoms with van der Waals surface area (Å²) in [6.45, 7) is 1.91. The first-order valence-corrected chi connectivity index (χ1v) is 6.58. The fraction of sp³-hybridized carbons (Fsp3) is 0.250. The van der Waals surface area contributed by atoms with Gasteiger partial charge in [0, 0.05) is 18.0 Å². The monoisotopic (exact) mass is 286 g/mol. The lowest BCUT2D eigenvalue weighted by Gasteiger charge is -2.15. The van der Waals surface area contributed by atoms with Crippen LogP contribution in [0.2, 0.25) is 0 Å². The van der Waals surface area contributed by atoms with Crippen molar-refractivity contribution in [3.63, 3.8) is 0 Å². The number of pyridine rings is 1. The van der Waals surface area contributed by atoms with Gasteiger partial charge in [-0.15, -0.1) is 0 Å². The van der Waals surface area contributed by atoms with Crippen molar-refractivity contribution in [1.82, 2.24) is 10.3 Å². The van der Waals surface area contributed by atoms with Crippen LogP contribution in [-0.2, 0) is 0 Å². The van der Waals surface area contributed by atoms with E-state index in [-0.39, 0.29) is 11.9 Å². The number of nitrogens with one attached hydrogen (secondary N) is 1. The van der Waals surface area contributed by atoms with Gasteiger partial charge in [0.2, 0.25) is 0 Å². The van der Waals surface area contributed by atoms with Crippen molar-refractivity contribution >= 4 is 5.91 Å². The number of benzene rings is 1. The molecule has 1 N–H and O–H groups in total. The number of hydrogen-bond donors (Lipinski definition) is 1. The largest absolute Gasteiger partial charge is 0.493 e. The Morgan fingerprint density at radius 3 is 2.57 bits per heavy atom. The lowest BCUT2D eigenvalue weighted by molar-refractivity contribution is 0.0939. The highest BCUT2D eigenvalue weighted by Crippen LogP contribution is 2.27. The molecule has 0 saturated heterocycles. The third kappa shape index (κ3) is 3.51. The van der Waals surface area contributed by atoms with Crippen LogP contribution < -0.4 is 14.8 Å². The summed E-state index contributed by atoms with van der Waals surface area (Å²) in [7, 11) is 3.10. The van der Waals surface area contributed by atoms with Gasteiger partial charge in [0.15, 0.2) is 11.5 Å². The van der Waals surface area contributed by atoms with Gasteiger partial charge >= 0.3 is 0 Å². The van der Waals surface area contributed by atoms with Gasteiger partial charge in [-0.25, -0.2) is 0 Å². The molecule has 0 aliphatic carbocycles. The number of amides is 1. The Balaban J connectivity index is 2.13. The lowest BCUT2D eigenvalue weighted by Crippen LogP contribution is -2.26. The van der Waals surface area contributed by atoms with Crippen molar-refractivity contribution < 1.29 is 14.3 Å². The fourth-order valence-corrected chi connectivity index (χ4v) is 1.97. The molecule has 0 unspecified atom stereocenters. The van der Waals surface area contributed by atoms with Gasteiger partial charge in [0.25, 0.3) is 5.91 Å². The Bertz CT molecular complexity index is 614. The zero-order valence-corrected chi connectivity index (χ0v) is 12.3. The van der Waals surface area contributed by atoms with Gasteiger partial charge in [-0.1, -0.05) is 6.07 Å². The van der Waals surface area contributed by atoms with Crippen LogP contribution in [0.25, 0.3) is 0 Å². The fourth-order valence-electron chi connectivity index (χ4n) is 1.97. The predicted octanol–water partition coefficient (Wildman–Crippen LogP) is 2.59. The molecule has 1 atom stereocenters. The van der Waals surface area contributed by atoms with Crippen molar-refractivity contribution in [2.75, 3.05) is 14.2 Å². The molecule has 0 aliphatic rings. The molecule has 110 valence electrons. The second-order valence-corrected chi connectivity index (χ2v) is 4.55. The minimum Gasteiger partial charge on any atom is -0.493 e. The SMILES string of the molecule is COc1ccc(C(=O)N[C@@H](C)c2cccnc2)cc1OC. The zero-order chi connectivity index (χ0) is 15.2. The van der Waals surface area contributed by atoms with Crippen LogP contribution in [0.5, 0.6) is 11.5 Å². The predicted molar refractivity (Wildman–Crippen MR) is 79.7 cm³/mol. The molecule has 21 heavy (non-hydrogen) atoms. The van der Waals surface area contributed by atoms with Gasteiger partial charge in [-0.2, -0.15) is 0 Å². The number of aromatic nitrogens is 1. The summed E-state index contributed by atoms with van der Waals surface area (Å²) in [4.78, 5) is 16.3. The summed E-state index contributed by atoms with van der Waals surface area (Å²) in [6, 6.07) is 8.71. The maximum atomic E-state index is 12.3. The van der Waals surface area contributed by atoms with Gasteiger partial charge in [0.1, 0.15) is 0 Å². The first-order chi connectivity index (χ1) is 10.2. The topological polar surface area (TPSA) is 60.5 Å². The van der Waals surface area contributed by atoms with Crippen molar-refractivity contribution in [2.24, 2.45) is 0 Å². The molecule has 5 nitrogen and oxygen atoms in total. The lowest BCUT2D eigenvalue weighted by atomic mass is 10.1. The van der Waals surface area contributed by atoms with Gasteiger partial charge in [0.05, 0.1) is 20.3 Å². The van der Waals surface area contributed by atoms with Crippen LogP contribution in [0.15, 0.2) is 42.7 Å². The van der Waals surface area contributed by atoms with Crippen LogP contribution >= 0.6 is 0 Å². The Kier molecular flexibility index (Phi) is 4.77. The minimum atomic E-state index is -0.174. The van der Waals surface area contributed by atoms with Gasteiger partial charge < -0.3 is 14.8 Å². The number of methoxy groups -OCH3 is 2. The molecular weight excluding hydrogens is 268 g/mol. The Hall–Kier alpha value is -2.56. The van der Waals surface area contributed by atoms with E-state index in [1.165, 1.54) is 7.11 Å². The van der Waals surface area contributed by atoms with E-state index in [9.17, 15) is 4.79 Å². The number of carbonyl (C=O) groups is 1. The van der Waals surface area contributed by atoms with Crippen molar-refractivity contribution in [3.8, 4) is 11.5 Å². The molecule has 1 heterocycles.